The van der Waals surface area contributed by atoms with Crippen LogP contribution in [0.2, 0.25) is 0 Å². The predicted molar refractivity (Wildman–Crippen MR) is 93.5 cm³/mol. The summed E-state index contributed by atoms with van der Waals surface area (Å²) in [4.78, 5) is 23.8. The first kappa shape index (κ1) is 16.7. The van der Waals surface area contributed by atoms with Crippen LogP contribution in [-0.2, 0) is 9.59 Å². The van der Waals surface area contributed by atoms with Crippen LogP contribution in [0.4, 0.5) is 11.4 Å². The van der Waals surface area contributed by atoms with E-state index < -0.39 is 0 Å². The van der Waals surface area contributed by atoms with Crippen LogP contribution < -0.4 is 10.6 Å². The third-order valence-corrected chi connectivity index (χ3v) is 3.55. The van der Waals surface area contributed by atoms with E-state index in [1.807, 2.05) is 36.4 Å². The Morgan fingerprint density at radius 2 is 1.61 bits per heavy atom. The summed E-state index contributed by atoms with van der Waals surface area (Å²) in [6.45, 7) is 3.53. The smallest absolute Gasteiger partial charge is 0.231 e. The van der Waals surface area contributed by atoms with Gasteiger partial charge in [-0.2, -0.15) is 0 Å². The molecule has 2 N–H and O–H groups in total. The van der Waals surface area contributed by atoms with E-state index in [9.17, 15) is 9.59 Å². The monoisotopic (exact) mass is 310 g/mol. The second-order valence-corrected chi connectivity index (χ2v) is 5.50. The van der Waals surface area contributed by atoms with Crippen molar-refractivity contribution < 1.29 is 9.59 Å². The average Bonchev–Trinajstić information content (AvgIpc) is 2.53. The van der Waals surface area contributed by atoms with Gasteiger partial charge >= 0.3 is 0 Å². The van der Waals surface area contributed by atoms with Crippen LogP contribution in [0.15, 0.2) is 54.6 Å². The number of rotatable bonds is 6. The summed E-state index contributed by atoms with van der Waals surface area (Å²) >= 11 is 0. The van der Waals surface area contributed by atoms with Crippen LogP contribution in [0.3, 0.4) is 0 Å². The molecule has 0 saturated heterocycles. The molecule has 0 unspecified atom stereocenters. The SMILES string of the molecule is CCC[C@@H](C(=O)Nc1cccc(NC(C)=O)c1)c1ccccc1. The van der Waals surface area contributed by atoms with Crippen LogP contribution in [0.5, 0.6) is 0 Å². The van der Waals surface area contributed by atoms with Gasteiger partial charge in [-0.1, -0.05) is 49.7 Å². The second-order valence-electron chi connectivity index (χ2n) is 5.50. The average molecular weight is 310 g/mol. The molecule has 0 bridgehead atoms. The van der Waals surface area contributed by atoms with Crippen molar-refractivity contribution in [3.63, 3.8) is 0 Å². The summed E-state index contributed by atoms with van der Waals surface area (Å²) in [5.74, 6) is -0.342. The van der Waals surface area contributed by atoms with Crippen molar-refractivity contribution in [2.24, 2.45) is 0 Å². The first-order valence-corrected chi connectivity index (χ1v) is 7.83. The second kappa shape index (κ2) is 8.13. The van der Waals surface area contributed by atoms with E-state index in [0.29, 0.717) is 11.4 Å². The van der Waals surface area contributed by atoms with Gasteiger partial charge in [-0.15, -0.1) is 0 Å². The van der Waals surface area contributed by atoms with Gasteiger partial charge in [0.15, 0.2) is 0 Å². The van der Waals surface area contributed by atoms with Crippen molar-refractivity contribution in [3.8, 4) is 0 Å². The number of benzene rings is 2. The molecule has 0 radical (unpaired) electrons. The molecule has 1 atom stereocenters. The summed E-state index contributed by atoms with van der Waals surface area (Å²) in [7, 11) is 0. The van der Waals surface area contributed by atoms with E-state index in [1.54, 1.807) is 18.2 Å². The third-order valence-electron chi connectivity index (χ3n) is 3.55. The van der Waals surface area contributed by atoms with Crippen molar-refractivity contribution in [1.29, 1.82) is 0 Å². The lowest BCUT2D eigenvalue weighted by molar-refractivity contribution is -0.117. The number of anilines is 2. The molecule has 2 aromatic carbocycles. The quantitative estimate of drug-likeness (QED) is 0.841. The highest BCUT2D eigenvalue weighted by Gasteiger charge is 2.19. The van der Waals surface area contributed by atoms with E-state index in [2.05, 4.69) is 17.6 Å². The van der Waals surface area contributed by atoms with Crippen molar-refractivity contribution >= 4 is 23.2 Å². The topological polar surface area (TPSA) is 58.2 Å². The van der Waals surface area contributed by atoms with Crippen LogP contribution in [0.25, 0.3) is 0 Å². The maximum absolute atomic E-state index is 12.6. The van der Waals surface area contributed by atoms with E-state index >= 15 is 0 Å². The summed E-state index contributed by atoms with van der Waals surface area (Å²) in [6.07, 6.45) is 1.72. The number of nitrogens with one attached hydrogen (secondary N) is 2. The number of hydrogen-bond acceptors (Lipinski definition) is 2. The Morgan fingerprint density at radius 1 is 0.957 bits per heavy atom. The molecule has 23 heavy (non-hydrogen) atoms. The van der Waals surface area contributed by atoms with Gasteiger partial charge in [-0.3, -0.25) is 9.59 Å². The highest BCUT2D eigenvalue weighted by atomic mass is 16.2. The molecule has 2 amide bonds. The molecular weight excluding hydrogens is 288 g/mol. The molecule has 120 valence electrons. The van der Waals surface area contributed by atoms with Gasteiger partial charge < -0.3 is 10.6 Å². The van der Waals surface area contributed by atoms with Gasteiger partial charge in [0.1, 0.15) is 0 Å². The molecule has 0 saturated carbocycles. The Bertz CT molecular complexity index is 668. The highest BCUT2D eigenvalue weighted by Crippen LogP contribution is 2.24. The van der Waals surface area contributed by atoms with Crippen molar-refractivity contribution in [2.45, 2.75) is 32.6 Å². The lowest BCUT2D eigenvalue weighted by Crippen LogP contribution is -2.21. The Labute approximate surface area is 136 Å². The Hall–Kier alpha value is -2.62. The minimum Gasteiger partial charge on any atom is -0.326 e. The molecule has 0 fully saturated rings. The summed E-state index contributed by atoms with van der Waals surface area (Å²) in [5, 5.41) is 5.66. The van der Waals surface area contributed by atoms with Gasteiger partial charge in [-0.25, -0.2) is 0 Å². The fraction of sp³-hybridized carbons (Fsp3) is 0.263. The van der Waals surface area contributed by atoms with E-state index in [-0.39, 0.29) is 17.7 Å². The predicted octanol–water partition coefficient (Wildman–Crippen LogP) is 4.17. The maximum atomic E-state index is 12.6. The van der Waals surface area contributed by atoms with Crippen LogP contribution >= 0.6 is 0 Å². The molecule has 0 spiro atoms. The summed E-state index contributed by atoms with van der Waals surface area (Å²) in [5.41, 5.74) is 2.37. The van der Waals surface area contributed by atoms with Crippen LogP contribution in [0.1, 0.15) is 38.2 Å². The van der Waals surface area contributed by atoms with Crippen molar-refractivity contribution in [3.05, 3.63) is 60.2 Å². The standard InChI is InChI=1S/C19H22N2O2/c1-3-8-18(15-9-5-4-6-10-15)19(23)21-17-12-7-11-16(13-17)20-14(2)22/h4-7,9-13,18H,3,8H2,1-2H3,(H,20,22)(H,21,23)/t18-/m1/s1. The fourth-order valence-corrected chi connectivity index (χ4v) is 2.53. The largest absolute Gasteiger partial charge is 0.326 e. The molecule has 0 aromatic heterocycles. The first-order valence-electron chi connectivity index (χ1n) is 7.83. The Balaban J connectivity index is 2.14. The molecule has 4 nitrogen and oxygen atoms in total. The molecule has 0 aliphatic carbocycles. The lowest BCUT2D eigenvalue weighted by Gasteiger charge is -2.17. The van der Waals surface area contributed by atoms with Crippen molar-refractivity contribution in [2.75, 3.05) is 10.6 Å². The lowest BCUT2D eigenvalue weighted by atomic mass is 9.93. The number of hydrogen-bond donors (Lipinski definition) is 2. The number of amides is 2. The van der Waals surface area contributed by atoms with Crippen LogP contribution in [-0.4, -0.2) is 11.8 Å². The van der Waals surface area contributed by atoms with Gasteiger partial charge in [0.25, 0.3) is 0 Å². The van der Waals surface area contributed by atoms with Crippen molar-refractivity contribution in [1.82, 2.24) is 0 Å². The molecule has 2 aromatic rings. The molecular formula is C19H22N2O2. The molecule has 0 aliphatic rings. The van der Waals surface area contributed by atoms with Gasteiger partial charge in [0.05, 0.1) is 5.92 Å². The zero-order valence-electron chi connectivity index (χ0n) is 13.5. The zero-order chi connectivity index (χ0) is 16.7. The number of carbonyl (C=O) groups is 2. The van der Waals surface area contributed by atoms with Gasteiger partial charge in [0.2, 0.25) is 11.8 Å². The molecule has 4 heteroatoms. The number of carbonyl (C=O) groups excluding carboxylic acids is 2. The van der Waals surface area contributed by atoms with Gasteiger partial charge in [-0.05, 0) is 30.2 Å². The normalized spacial score (nSPS) is 11.6. The van der Waals surface area contributed by atoms with E-state index in [4.69, 9.17) is 0 Å². The molecule has 2 rings (SSSR count). The Kier molecular flexibility index (Phi) is 5.92. The minimum atomic E-state index is -0.175. The first-order chi connectivity index (χ1) is 11.1. The molecule has 0 heterocycles. The summed E-state index contributed by atoms with van der Waals surface area (Å²) in [6, 6.07) is 17.0. The third kappa shape index (κ3) is 4.95. The fourth-order valence-electron chi connectivity index (χ4n) is 2.53. The highest BCUT2D eigenvalue weighted by molar-refractivity contribution is 5.97. The van der Waals surface area contributed by atoms with E-state index in [0.717, 1.165) is 18.4 Å². The van der Waals surface area contributed by atoms with Crippen LogP contribution in [0, 0.1) is 0 Å². The van der Waals surface area contributed by atoms with Gasteiger partial charge in [0, 0.05) is 18.3 Å². The Morgan fingerprint density at radius 3 is 2.22 bits per heavy atom. The zero-order valence-corrected chi connectivity index (χ0v) is 13.5. The maximum Gasteiger partial charge on any atom is 0.231 e. The summed E-state index contributed by atoms with van der Waals surface area (Å²) < 4.78 is 0. The van der Waals surface area contributed by atoms with E-state index in [1.165, 1.54) is 6.92 Å². The molecule has 0 aliphatic heterocycles. The minimum absolute atomic E-state index is 0.0296.